The van der Waals surface area contributed by atoms with Gasteiger partial charge in [-0.3, -0.25) is 14.4 Å². The van der Waals surface area contributed by atoms with Gasteiger partial charge in [0.25, 0.3) is 5.91 Å². The third-order valence-corrected chi connectivity index (χ3v) is 8.24. The molecule has 0 radical (unpaired) electrons. The van der Waals surface area contributed by atoms with Crippen LogP contribution in [0.1, 0.15) is 55.3 Å². The lowest BCUT2D eigenvalue weighted by Crippen LogP contribution is -2.49. The minimum absolute atomic E-state index is 0.0203. The average Bonchev–Trinajstić information content (AvgIpc) is 2.91. The maximum Gasteiger partial charge on any atom is 0.255 e. The molecule has 4 rings (SSSR count). The number of benzene rings is 1. The molecule has 2 heterocycles. The predicted octanol–water partition coefficient (Wildman–Crippen LogP) is 3.19. The van der Waals surface area contributed by atoms with Crippen LogP contribution in [0.25, 0.3) is 0 Å². The number of thioether (sulfide) groups is 1. The minimum atomic E-state index is -0.152. The lowest BCUT2D eigenvalue weighted by Gasteiger charge is -2.36. The first-order chi connectivity index (χ1) is 16.6. The maximum absolute atomic E-state index is 13.4. The number of ether oxygens (including phenoxy) is 1. The number of morpholine rings is 1. The van der Waals surface area contributed by atoms with Crippen LogP contribution in [0.5, 0.6) is 0 Å². The van der Waals surface area contributed by atoms with E-state index in [4.69, 9.17) is 4.74 Å². The van der Waals surface area contributed by atoms with E-state index >= 15 is 0 Å². The Morgan fingerprint density at radius 3 is 2.50 bits per heavy atom. The van der Waals surface area contributed by atoms with Gasteiger partial charge in [-0.05, 0) is 43.7 Å². The van der Waals surface area contributed by atoms with Crippen LogP contribution in [0.15, 0.2) is 29.2 Å². The standard InChI is InChI=1S/C26H37N3O4S/c30-24(27-17-20-7-2-1-3-8-20)19-34-23-11-5-4-10-22(23)26(32)29-12-6-9-21(18-29)25(31)28-13-15-33-16-14-28/h4-5,10-11,20-21H,1-3,6-9,12-19H2,(H,27,30). The minimum Gasteiger partial charge on any atom is -0.378 e. The van der Waals surface area contributed by atoms with Crippen molar-refractivity contribution < 1.29 is 19.1 Å². The van der Waals surface area contributed by atoms with Gasteiger partial charge < -0.3 is 19.9 Å². The first-order valence-electron chi connectivity index (χ1n) is 12.8. The van der Waals surface area contributed by atoms with Crippen LogP contribution in [-0.2, 0) is 14.3 Å². The zero-order valence-corrected chi connectivity index (χ0v) is 20.8. The Kier molecular flexibility index (Phi) is 9.27. The Balaban J connectivity index is 1.31. The number of piperidine rings is 1. The summed E-state index contributed by atoms with van der Waals surface area (Å²) >= 11 is 1.42. The largest absolute Gasteiger partial charge is 0.378 e. The topological polar surface area (TPSA) is 79.0 Å². The normalized spacial score (nSPS) is 21.8. The fourth-order valence-electron chi connectivity index (χ4n) is 5.19. The molecule has 3 fully saturated rings. The van der Waals surface area contributed by atoms with E-state index in [0.717, 1.165) is 24.3 Å². The van der Waals surface area contributed by atoms with E-state index in [-0.39, 0.29) is 23.6 Å². The summed E-state index contributed by atoms with van der Waals surface area (Å²) in [6.45, 7) is 4.30. The Labute approximate surface area is 207 Å². The monoisotopic (exact) mass is 487 g/mol. The van der Waals surface area contributed by atoms with Crippen LogP contribution < -0.4 is 5.32 Å². The molecule has 2 saturated heterocycles. The van der Waals surface area contributed by atoms with Crippen molar-refractivity contribution in [3.63, 3.8) is 0 Å². The third kappa shape index (κ3) is 6.75. The predicted molar refractivity (Wildman–Crippen MR) is 133 cm³/mol. The molecule has 1 unspecified atom stereocenters. The van der Waals surface area contributed by atoms with Gasteiger partial charge >= 0.3 is 0 Å². The first kappa shape index (κ1) is 25.0. The van der Waals surface area contributed by atoms with Gasteiger partial charge in [0.05, 0.1) is 30.4 Å². The second-order valence-electron chi connectivity index (χ2n) is 9.62. The van der Waals surface area contributed by atoms with E-state index in [1.165, 1.54) is 43.9 Å². The van der Waals surface area contributed by atoms with E-state index in [1.54, 1.807) is 0 Å². The molecular formula is C26H37N3O4S. The molecular weight excluding hydrogens is 450 g/mol. The summed E-state index contributed by atoms with van der Waals surface area (Å²) in [6.07, 6.45) is 7.89. The van der Waals surface area contributed by atoms with Crippen molar-refractivity contribution in [3.05, 3.63) is 29.8 Å². The van der Waals surface area contributed by atoms with Crippen molar-refractivity contribution in [2.24, 2.45) is 11.8 Å². The number of hydrogen-bond donors (Lipinski definition) is 1. The number of carbonyl (C=O) groups excluding carboxylic acids is 3. The zero-order chi connectivity index (χ0) is 23.8. The summed E-state index contributed by atoms with van der Waals surface area (Å²) in [5, 5.41) is 3.08. The van der Waals surface area contributed by atoms with Gasteiger partial charge in [-0.25, -0.2) is 0 Å². The molecule has 3 aliphatic rings. The number of likely N-dealkylation sites (tertiary alicyclic amines) is 1. The highest BCUT2D eigenvalue weighted by molar-refractivity contribution is 8.00. The zero-order valence-electron chi connectivity index (χ0n) is 20.0. The van der Waals surface area contributed by atoms with Crippen LogP contribution in [0.2, 0.25) is 0 Å². The summed E-state index contributed by atoms with van der Waals surface area (Å²) in [7, 11) is 0. The fraction of sp³-hybridized carbons (Fsp3) is 0.654. The van der Waals surface area contributed by atoms with E-state index in [1.807, 2.05) is 34.1 Å². The van der Waals surface area contributed by atoms with Crippen molar-refractivity contribution in [3.8, 4) is 0 Å². The number of rotatable bonds is 7. The van der Waals surface area contributed by atoms with Crippen LogP contribution >= 0.6 is 11.8 Å². The van der Waals surface area contributed by atoms with Gasteiger partial charge in [-0.1, -0.05) is 31.4 Å². The Morgan fingerprint density at radius 2 is 1.71 bits per heavy atom. The molecule has 1 aromatic rings. The number of carbonyl (C=O) groups is 3. The van der Waals surface area contributed by atoms with Gasteiger partial charge in [0.1, 0.15) is 0 Å². The van der Waals surface area contributed by atoms with Gasteiger partial charge in [-0.15, -0.1) is 11.8 Å². The van der Waals surface area contributed by atoms with E-state index in [9.17, 15) is 14.4 Å². The number of nitrogens with zero attached hydrogens (tertiary/aromatic N) is 2. The molecule has 7 nitrogen and oxygen atoms in total. The van der Waals surface area contributed by atoms with Gasteiger partial charge in [0.15, 0.2) is 0 Å². The number of nitrogens with one attached hydrogen (secondary N) is 1. The van der Waals surface area contributed by atoms with Crippen molar-refractivity contribution in [2.45, 2.75) is 49.8 Å². The quantitative estimate of drug-likeness (QED) is 0.598. The fourth-order valence-corrected chi connectivity index (χ4v) is 6.06. The molecule has 3 amide bonds. The molecule has 1 aromatic carbocycles. The molecule has 0 spiro atoms. The lowest BCUT2D eigenvalue weighted by atomic mass is 9.89. The Hall–Kier alpha value is -2.06. The summed E-state index contributed by atoms with van der Waals surface area (Å²) in [5.74, 6) is 0.857. The molecule has 1 atom stereocenters. The number of hydrogen-bond acceptors (Lipinski definition) is 5. The van der Waals surface area contributed by atoms with E-state index in [0.29, 0.717) is 56.6 Å². The SMILES string of the molecule is O=C(CSc1ccccc1C(=O)N1CCCC(C(=O)N2CCOCC2)C1)NCC1CCCCC1. The smallest absolute Gasteiger partial charge is 0.255 e. The highest BCUT2D eigenvalue weighted by Gasteiger charge is 2.32. The Morgan fingerprint density at radius 1 is 0.941 bits per heavy atom. The molecule has 1 saturated carbocycles. The molecule has 34 heavy (non-hydrogen) atoms. The molecule has 186 valence electrons. The third-order valence-electron chi connectivity index (χ3n) is 7.17. The summed E-state index contributed by atoms with van der Waals surface area (Å²) in [4.78, 5) is 43.3. The summed E-state index contributed by atoms with van der Waals surface area (Å²) < 4.78 is 5.36. The molecule has 0 bridgehead atoms. The second kappa shape index (κ2) is 12.6. The van der Waals surface area contributed by atoms with Crippen molar-refractivity contribution in [1.82, 2.24) is 15.1 Å². The van der Waals surface area contributed by atoms with Crippen LogP contribution in [-0.4, -0.2) is 79.2 Å². The van der Waals surface area contributed by atoms with E-state index < -0.39 is 0 Å². The van der Waals surface area contributed by atoms with Crippen LogP contribution in [0, 0.1) is 11.8 Å². The van der Waals surface area contributed by atoms with Gasteiger partial charge in [-0.2, -0.15) is 0 Å². The summed E-state index contributed by atoms with van der Waals surface area (Å²) in [6, 6.07) is 7.51. The summed E-state index contributed by atoms with van der Waals surface area (Å²) in [5.41, 5.74) is 0.618. The van der Waals surface area contributed by atoms with E-state index in [2.05, 4.69) is 5.32 Å². The molecule has 1 aliphatic carbocycles. The second-order valence-corrected chi connectivity index (χ2v) is 10.6. The molecule has 1 N–H and O–H groups in total. The molecule has 2 aliphatic heterocycles. The highest BCUT2D eigenvalue weighted by Crippen LogP contribution is 2.27. The molecule has 0 aromatic heterocycles. The molecule has 8 heteroatoms. The maximum atomic E-state index is 13.4. The van der Waals surface area contributed by atoms with Crippen molar-refractivity contribution in [1.29, 1.82) is 0 Å². The Bertz CT molecular complexity index is 852. The average molecular weight is 488 g/mol. The van der Waals surface area contributed by atoms with Crippen LogP contribution in [0.4, 0.5) is 0 Å². The van der Waals surface area contributed by atoms with Crippen molar-refractivity contribution >= 4 is 29.5 Å². The first-order valence-corrected chi connectivity index (χ1v) is 13.7. The highest BCUT2D eigenvalue weighted by atomic mass is 32.2. The van der Waals surface area contributed by atoms with Crippen molar-refractivity contribution in [2.75, 3.05) is 51.7 Å². The number of amides is 3. The van der Waals surface area contributed by atoms with Crippen LogP contribution in [0.3, 0.4) is 0 Å². The van der Waals surface area contributed by atoms with Gasteiger partial charge in [0.2, 0.25) is 11.8 Å². The van der Waals surface area contributed by atoms with Gasteiger partial charge in [0, 0.05) is 37.6 Å². The lowest BCUT2D eigenvalue weighted by molar-refractivity contribution is -0.141.